The Morgan fingerprint density at radius 3 is 2.62 bits per heavy atom. The van der Waals surface area contributed by atoms with Gasteiger partial charge in [-0.05, 0) is 11.6 Å². The number of aliphatic hydroxyl groups excluding tert-OH is 2. The second-order valence-corrected chi connectivity index (χ2v) is 5.68. The highest BCUT2D eigenvalue weighted by Gasteiger charge is 2.08. The van der Waals surface area contributed by atoms with Crippen LogP contribution in [0.4, 0.5) is 0 Å². The van der Waals surface area contributed by atoms with Gasteiger partial charge in [-0.3, -0.25) is 4.90 Å². The molecular weight excluding hydrogens is 282 g/mol. The molecule has 1 aromatic heterocycles. The van der Waals surface area contributed by atoms with Gasteiger partial charge in [-0.1, -0.05) is 42.2 Å². The van der Waals surface area contributed by atoms with E-state index in [1.165, 1.54) is 10.4 Å². The van der Waals surface area contributed by atoms with E-state index in [-0.39, 0.29) is 13.2 Å². The largest absolute Gasteiger partial charge is 0.395 e. The number of nitrogens with zero attached hydrogens (tertiary/aromatic N) is 1. The van der Waals surface area contributed by atoms with Crippen molar-refractivity contribution in [2.24, 2.45) is 0 Å². The molecule has 0 radical (unpaired) electrons. The highest BCUT2D eigenvalue weighted by atomic mass is 32.1. The van der Waals surface area contributed by atoms with Crippen LogP contribution in [0.15, 0.2) is 41.8 Å². The van der Waals surface area contributed by atoms with Crippen molar-refractivity contribution < 1.29 is 10.2 Å². The van der Waals surface area contributed by atoms with Crippen LogP contribution in [0, 0.1) is 11.8 Å². The highest BCUT2D eigenvalue weighted by molar-refractivity contribution is 7.10. The summed E-state index contributed by atoms with van der Waals surface area (Å²) in [7, 11) is 0. The average molecular weight is 301 g/mol. The number of hydrogen-bond donors (Lipinski definition) is 2. The number of hydrogen-bond acceptors (Lipinski definition) is 4. The van der Waals surface area contributed by atoms with E-state index in [1.54, 1.807) is 11.3 Å². The van der Waals surface area contributed by atoms with Crippen LogP contribution < -0.4 is 0 Å². The monoisotopic (exact) mass is 301 g/mol. The predicted octanol–water partition coefficient (Wildman–Crippen LogP) is 2.09. The number of rotatable bonds is 6. The van der Waals surface area contributed by atoms with Crippen molar-refractivity contribution >= 4 is 11.3 Å². The topological polar surface area (TPSA) is 43.7 Å². The first kappa shape index (κ1) is 15.7. The van der Waals surface area contributed by atoms with E-state index in [1.807, 2.05) is 29.6 Å². The smallest absolute Gasteiger partial charge is 0.104 e. The zero-order valence-electron chi connectivity index (χ0n) is 11.8. The minimum absolute atomic E-state index is 0.115. The SMILES string of the molecule is OCC#Cc1csc(CN(CCO)Cc2ccccc2)c1. The molecule has 0 unspecified atom stereocenters. The Kier molecular flexibility index (Phi) is 6.45. The third kappa shape index (κ3) is 5.33. The third-order valence-electron chi connectivity index (χ3n) is 3.01. The molecule has 3 nitrogen and oxygen atoms in total. The minimum atomic E-state index is -0.115. The minimum Gasteiger partial charge on any atom is -0.395 e. The summed E-state index contributed by atoms with van der Waals surface area (Å²) in [6, 6.07) is 12.3. The van der Waals surface area contributed by atoms with Gasteiger partial charge in [0.15, 0.2) is 0 Å². The first-order valence-corrected chi connectivity index (χ1v) is 7.74. The summed E-state index contributed by atoms with van der Waals surface area (Å²) < 4.78 is 0. The molecule has 0 aliphatic heterocycles. The van der Waals surface area contributed by atoms with Crippen LogP contribution in [0.3, 0.4) is 0 Å². The van der Waals surface area contributed by atoms with E-state index < -0.39 is 0 Å². The van der Waals surface area contributed by atoms with E-state index in [0.29, 0.717) is 6.54 Å². The maximum atomic E-state index is 9.23. The Morgan fingerprint density at radius 1 is 1.10 bits per heavy atom. The molecule has 1 heterocycles. The van der Waals surface area contributed by atoms with E-state index in [2.05, 4.69) is 28.9 Å². The van der Waals surface area contributed by atoms with Gasteiger partial charge in [-0.25, -0.2) is 0 Å². The average Bonchev–Trinajstić information content (AvgIpc) is 2.94. The summed E-state index contributed by atoms with van der Waals surface area (Å²) in [6.07, 6.45) is 0. The van der Waals surface area contributed by atoms with Crippen molar-refractivity contribution in [1.82, 2.24) is 4.90 Å². The number of benzene rings is 1. The maximum absolute atomic E-state index is 9.23. The van der Waals surface area contributed by atoms with Gasteiger partial charge in [-0.2, -0.15) is 0 Å². The van der Waals surface area contributed by atoms with E-state index in [9.17, 15) is 5.11 Å². The van der Waals surface area contributed by atoms with Gasteiger partial charge in [0.1, 0.15) is 6.61 Å². The Labute approximate surface area is 129 Å². The van der Waals surface area contributed by atoms with Crippen molar-refractivity contribution in [2.45, 2.75) is 13.1 Å². The fourth-order valence-electron chi connectivity index (χ4n) is 2.09. The molecule has 0 aliphatic rings. The fraction of sp³-hybridized carbons (Fsp3) is 0.294. The van der Waals surface area contributed by atoms with Crippen molar-refractivity contribution in [3.63, 3.8) is 0 Å². The Bertz CT molecular complexity index is 598. The van der Waals surface area contributed by atoms with Crippen molar-refractivity contribution in [3.8, 4) is 11.8 Å². The fourth-order valence-corrected chi connectivity index (χ4v) is 2.95. The van der Waals surface area contributed by atoms with Crippen LogP contribution in [0.25, 0.3) is 0 Å². The molecule has 0 spiro atoms. The Hall–Kier alpha value is -1.64. The Morgan fingerprint density at radius 2 is 1.90 bits per heavy atom. The standard InChI is InChI=1S/C17H19NO2S/c19-9-4-7-16-11-17(21-14-16)13-18(8-10-20)12-15-5-2-1-3-6-15/h1-3,5-6,11,14,19-20H,8-10,12-13H2. The summed E-state index contributed by atoms with van der Waals surface area (Å²) in [5, 5.41) is 19.9. The molecule has 0 bridgehead atoms. The molecule has 2 aromatic rings. The summed E-state index contributed by atoms with van der Waals surface area (Å²) in [6.45, 7) is 2.29. The van der Waals surface area contributed by atoms with Gasteiger partial charge < -0.3 is 10.2 Å². The molecule has 0 amide bonds. The van der Waals surface area contributed by atoms with Crippen molar-refractivity contribution in [2.75, 3.05) is 19.8 Å². The summed E-state index contributed by atoms with van der Waals surface area (Å²) in [5.41, 5.74) is 2.18. The van der Waals surface area contributed by atoms with Crippen molar-refractivity contribution in [3.05, 3.63) is 57.8 Å². The van der Waals surface area contributed by atoms with Gasteiger partial charge in [0.2, 0.25) is 0 Å². The predicted molar refractivity (Wildman–Crippen MR) is 85.9 cm³/mol. The molecule has 1 aromatic carbocycles. The molecule has 21 heavy (non-hydrogen) atoms. The second kappa shape index (κ2) is 8.60. The summed E-state index contributed by atoms with van der Waals surface area (Å²) >= 11 is 1.66. The molecule has 0 saturated heterocycles. The Balaban J connectivity index is 2.00. The molecular formula is C17H19NO2S. The van der Waals surface area contributed by atoms with E-state index in [0.717, 1.165) is 18.7 Å². The number of aliphatic hydroxyl groups is 2. The van der Waals surface area contributed by atoms with Crippen LogP contribution in [0.2, 0.25) is 0 Å². The first-order valence-electron chi connectivity index (χ1n) is 6.86. The molecule has 2 rings (SSSR count). The first-order chi connectivity index (χ1) is 10.3. The quantitative estimate of drug-likeness (QED) is 0.803. The van der Waals surface area contributed by atoms with Gasteiger partial charge in [0.05, 0.1) is 6.61 Å². The van der Waals surface area contributed by atoms with Crippen LogP contribution in [-0.2, 0) is 13.1 Å². The lowest BCUT2D eigenvalue weighted by Gasteiger charge is -2.20. The second-order valence-electron chi connectivity index (χ2n) is 4.68. The molecule has 0 fully saturated rings. The normalized spacial score (nSPS) is 10.4. The van der Waals surface area contributed by atoms with Crippen LogP contribution in [-0.4, -0.2) is 34.9 Å². The number of thiophene rings is 1. The zero-order valence-corrected chi connectivity index (χ0v) is 12.6. The summed E-state index contributed by atoms with van der Waals surface area (Å²) in [5.74, 6) is 5.57. The molecule has 110 valence electrons. The lowest BCUT2D eigenvalue weighted by molar-refractivity contribution is 0.185. The molecule has 4 heteroatoms. The van der Waals surface area contributed by atoms with Crippen molar-refractivity contribution in [1.29, 1.82) is 0 Å². The highest BCUT2D eigenvalue weighted by Crippen LogP contribution is 2.17. The lowest BCUT2D eigenvalue weighted by Crippen LogP contribution is -2.25. The molecule has 0 aliphatic carbocycles. The molecule has 0 saturated carbocycles. The molecule has 0 atom stereocenters. The van der Waals surface area contributed by atoms with Gasteiger partial charge in [0, 0.05) is 35.5 Å². The van der Waals surface area contributed by atoms with Gasteiger partial charge in [0.25, 0.3) is 0 Å². The zero-order chi connectivity index (χ0) is 14.9. The van der Waals surface area contributed by atoms with Crippen LogP contribution in [0.5, 0.6) is 0 Å². The van der Waals surface area contributed by atoms with E-state index in [4.69, 9.17) is 5.11 Å². The van der Waals surface area contributed by atoms with Crippen LogP contribution in [0.1, 0.15) is 16.0 Å². The summed E-state index contributed by atoms with van der Waals surface area (Å²) in [4.78, 5) is 3.42. The molecule has 2 N–H and O–H groups in total. The maximum Gasteiger partial charge on any atom is 0.104 e. The van der Waals surface area contributed by atoms with Gasteiger partial charge >= 0.3 is 0 Å². The third-order valence-corrected chi connectivity index (χ3v) is 3.93. The van der Waals surface area contributed by atoms with E-state index >= 15 is 0 Å². The lowest BCUT2D eigenvalue weighted by atomic mass is 10.2. The van der Waals surface area contributed by atoms with Crippen LogP contribution >= 0.6 is 11.3 Å². The van der Waals surface area contributed by atoms with Gasteiger partial charge in [-0.15, -0.1) is 11.3 Å².